The monoisotopic (exact) mass is 431 g/mol. The smallest absolute Gasteiger partial charge is 0.306 e. The van der Waals surface area contributed by atoms with Crippen LogP contribution in [0.25, 0.3) is 0 Å². The molecule has 1 aromatic rings. The number of imide groups is 1. The van der Waals surface area contributed by atoms with E-state index in [1.807, 2.05) is 25.1 Å². The average Bonchev–Trinajstić information content (AvgIpc) is 2.97. The lowest BCUT2D eigenvalue weighted by Gasteiger charge is -2.35. The third kappa shape index (κ3) is 5.73. The Labute approximate surface area is 181 Å². The van der Waals surface area contributed by atoms with Gasteiger partial charge in [-0.3, -0.25) is 19.3 Å². The Hall–Kier alpha value is -2.12. The van der Waals surface area contributed by atoms with E-state index in [0.29, 0.717) is 12.8 Å². The number of nitrogens with zero attached hydrogens (tertiary/aromatic N) is 1. The van der Waals surface area contributed by atoms with Crippen LogP contribution in [-0.4, -0.2) is 51.3 Å². The maximum atomic E-state index is 12.4. The zero-order valence-corrected chi connectivity index (χ0v) is 18.3. The van der Waals surface area contributed by atoms with Crippen LogP contribution in [0.3, 0.4) is 0 Å². The molecule has 4 atom stereocenters. The van der Waals surface area contributed by atoms with E-state index in [0.717, 1.165) is 17.7 Å². The molecular weight excluding hydrogens is 402 g/mol. The van der Waals surface area contributed by atoms with Gasteiger partial charge in [0.05, 0.1) is 0 Å². The number of benzene rings is 1. The lowest BCUT2D eigenvalue weighted by Crippen LogP contribution is -2.46. The van der Waals surface area contributed by atoms with Gasteiger partial charge in [-0.05, 0) is 50.7 Å². The van der Waals surface area contributed by atoms with Crippen LogP contribution in [0.2, 0.25) is 0 Å². The zero-order valence-electron chi connectivity index (χ0n) is 17.5. The average molecular weight is 432 g/mol. The SMILES string of the molecule is CC1CCC(Sc2ccccc2)CC(C)(O)C1OC(=O)CCCN1C(=O)C=CC1=O. The number of rotatable bonds is 7. The Morgan fingerprint density at radius 2 is 1.87 bits per heavy atom. The molecule has 6 nitrogen and oxygen atoms in total. The largest absolute Gasteiger partial charge is 0.459 e. The van der Waals surface area contributed by atoms with Gasteiger partial charge in [-0.15, -0.1) is 11.8 Å². The van der Waals surface area contributed by atoms with Crippen LogP contribution >= 0.6 is 11.8 Å². The number of amides is 2. The Balaban J connectivity index is 1.53. The van der Waals surface area contributed by atoms with E-state index in [9.17, 15) is 19.5 Å². The van der Waals surface area contributed by atoms with Gasteiger partial charge in [0.1, 0.15) is 11.7 Å². The Kier molecular flexibility index (Phi) is 7.36. The molecule has 3 rings (SSSR count). The minimum atomic E-state index is -1.12. The van der Waals surface area contributed by atoms with Crippen molar-refractivity contribution in [3.05, 3.63) is 42.5 Å². The highest BCUT2D eigenvalue weighted by atomic mass is 32.2. The summed E-state index contributed by atoms with van der Waals surface area (Å²) in [5.74, 6) is -1.07. The van der Waals surface area contributed by atoms with Crippen molar-refractivity contribution in [1.82, 2.24) is 4.90 Å². The van der Waals surface area contributed by atoms with Crippen LogP contribution in [0.5, 0.6) is 0 Å². The molecule has 0 saturated heterocycles. The van der Waals surface area contributed by atoms with Crippen molar-refractivity contribution < 1.29 is 24.2 Å². The summed E-state index contributed by atoms with van der Waals surface area (Å²) in [7, 11) is 0. The van der Waals surface area contributed by atoms with E-state index in [1.54, 1.807) is 18.7 Å². The maximum Gasteiger partial charge on any atom is 0.306 e. The summed E-state index contributed by atoms with van der Waals surface area (Å²) in [6.45, 7) is 3.94. The fourth-order valence-corrected chi connectivity index (χ4v) is 5.53. The first-order valence-corrected chi connectivity index (χ1v) is 11.3. The minimum Gasteiger partial charge on any atom is -0.459 e. The highest BCUT2D eigenvalue weighted by Gasteiger charge is 2.43. The molecule has 1 fully saturated rings. The van der Waals surface area contributed by atoms with Crippen molar-refractivity contribution in [2.75, 3.05) is 6.54 Å². The molecule has 0 bridgehead atoms. The van der Waals surface area contributed by atoms with E-state index < -0.39 is 17.7 Å². The number of ether oxygens (including phenoxy) is 1. The molecule has 1 aliphatic heterocycles. The first-order valence-electron chi connectivity index (χ1n) is 10.4. The molecule has 1 N–H and O–H groups in total. The molecule has 1 aromatic carbocycles. The van der Waals surface area contributed by atoms with E-state index in [-0.39, 0.29) is 35.9 Å². The Morgan fingerprint density at radius 3 is 2.53 bits per heavy atom. The van der Waals surface area contributed by atoms with Gasteiger partial charge in [-0.1, -0.05) is 25.1 Å². The standard InChI is InChI=1S/C23H29NO5S/c1-16-10-11-18(30-17-7-4-3-5-8-17)15-23(2,28)22(16)29-21(27)9-6-14-24-19(25)12-13-20(24)26/h3-5,7-8,12-13,16,18,22,28H,6,9-11,14-15H2,1-2H3. The summed E-state index contributed by atoms with van der Waals surface area (Å²) in [6.07, 6.45) is 4.66. The van der Waals surface area contributed by atoms with Gasteiger partial charge in [-0.2, -0.15) is 0 Å². The van der Waals surface area contributed by atoms with E-state index in [1.165, 1.54) is 17.0 Å². The summed E-state index contributed by atoms with van der Waals surface area (Å²) in [5, 5.41) is 11.4. The van der Waals surface area contributed by atoms with Crippen LogP contribution in [-0.2, 0) is 19.1 Å². The van der Waals surface area contributed by atoms with Crippen LogP contribution in [0.1, 0.15) is 46.0 Å². The fourth-order valence-electron chi connectivity index (χ4n) is 4.16. The molecule has 1 saturated carbocycles. The molecule has 162 valence electrons. The van der Waals surface area contributed by atoms with Crippen LogP contribution in [0.15, 0.2) is 47.4 Å². The topological polar surface area (TPSA) is 83.9 Å². The first kappa shape index (κ1) is 22.6. The molecule has 2 amide bonds. The predicted molar refractivity (Wildman–Crippen MR) is 115 cm³/mol. The normalized spacial score (nSPS) is 29.2. The second-order valence-electron chi connectivity index (χ2n) is 8.34. The second kappa shape index (κ2) is 9.79. The number of aliphatic hydroxyl groups is 1. The van der Waals surface area contributed by atoms with Crippen molar-refractivity contribution in [1.29, 1.82) is 0 Å². The first-order chi connectivity index (χ1) is 14.3. The quantitative estimate of drug-likeness (QED) is 0.405. The summed E-state index contributed by atoms with van der Waals surface area (Å²) < 4.78 is 5.71. The van der Waals surface area contributed by atoms with Crippen molar-refractivity contribution in [2.24, 2.45) is 5.92 Å². The summed E-state index contributed by atoms with van der Waals surface area (Å²) in [5.41, 5.74) is -1.12. The predicted octanol–water partition coefficient (Wildman–Crippen LogP) is 3.34. The van der Waals surface area contributed by atoms with Crippen LogP contribution in [0, 0.1) is 5.92 Å². The van der Waals surface area contributed by atoms with E-state index in [4.69, 9.17) is 4.74 Å². The number of thioether (sulfide) groups is 1. The number of esters is 1. The van der Waals surface area contributed by atoms with Crippen molar-refractivity contribution >= 4 is 29.5 Å². The molecule has 30 heavy (non-hydrogen) atoms. The number of carbonyl (C=O) groups excluding carboxylic acids is 3. The third-order valence-corrected chi connectivity index (χ3v) is 6.96. The van der Waals surface area contributed by atoms with Crippen LogP contribution in [0.4, 0.5) is 0 Å². The molecule has 0 spiro atoms. The Morgan fingerprint density at radius 1 is 1.20 bits per heavy atom. The molecule has 2 aliphatic rings. The van der Waals surface area contributed by atoms with Gasteiger partial charge < -0.3 is 9.84 Å². The van der Waals surface area contributed by atoms with Gasteiger partial charge >= 0.3 is 5.97 Å². The van der Waals surface area contributed by atoms with Gasteiger partial charge in [0.25, 0.3) is 11.8 Å². The maximum absolute atomic E-state index is 12.4. The van der Waals surface area contributed by atoms with Gasteiger partial charge in [-0.25, -0.2) is 0 Å². The third-order valence-electron chi connectivity index (χ3n) is 5.68. The molecule has 4 unspecified atom stereocenters. The number of hydrogen-bond donors (Lipinski definition) is 1. The fraction of sp³-hybridized carbons (Fsp3) is 0.522. The minimum absolute atomic E-state index is 0.0382. The van der Waals surface area contributed by atoms with Gasteiger partial charge in [0.15, 0.2) is 0 Å². The molecule has 7 heteroatoms. The van der Waals surface area contributed by atoms with Gasteiger partial charge in [0, 0.05) is 35.3 Å². The summed E-state index contributed by atoms with van der Waals surface area (Å²) >= 11 is 1.76. The molecular formula is C23H29NO5S. The summed E-state index contributed by atoms with van der Waals surface area (Å²) in [4.78, 5) is 37.9. The number of hydrogen-bond acceptors (Lipinski definition) is 6. The van der Waals surface area contributed by atoms with Crippen molar-refractivity contribution in [3.63, 3.8) is 0 Å². The molecule has 1 heterocycles. The van der Waals surface area contributed by atoms with Crippen LogP contribution < -0.4 is 0 Å². The highest BCUT2D eigenvalue weighted by molar-refractivity contribution is 8.00. The zero-order chi connectivity index (χ0) is 21.7. The number of carbonyl (C=O) groups is 3. The Bertz CT molecular complexity index is 789. The molecule has 1 aliphatic carbocycles. The van der Waals surface area contributed by atoms with Crippen molar-refractivity contribution in [3.8, 4) is 0 Å². The summed E-state index contributed by atoms with van der Waals surface area (Å²) in [6, 6.07) is 10.1. The van der Waals surface area contributed by atoms with Crippen molar-refractivity contribution in [2.45, 2.75) is 67.8 Å². The molecule has 0 aromatic heterocycles. The van der Waals surface area contributed by atoms with E-state index in [2.05, 4.69) is 12.1 Å². The van der Waals surface area contributed by atoms with E-state index >= 15 is 0 Å². The second-order valence-corrected chi connectivity index (χ2v) is 9.72. The lowest BCUT2D eigenvalue weighted by atomic mass is 9.88. The lowest BCUT2D eigenvalue weighted by molar-refractivity contribution is -0.170. The van der Waals surface area contributed by atoms with Gasteiger partial charge in [0.2, 0.25) is 0 Å². The molecule has 0 radical (unpaired) electrons. The highest BCUT2D eigenvalue weighted by Crippen LogP contribution is 2.40.